The van der Waals surface area contributed by atoms with Crippen LogP contribution >= 0.6 is 11.3 Å². The molecule has 2 amide bonds. The highest BCUT2D eigenvalue weighted by Crippen LogP contribution is 2.18. The summed E-state index contributed by atoms with van der Waals surface area (Å²) in [6.45, 7) is 0.380. The number of anilines is 1. The summed E-state index contributed by atoms with van der Waals surface area (Å²) in [6, 6.07) is 16.4. The number of hydrogen-bond donors (Lipinski definition) is 2. The molecule has 6 nitrogen and oxygen atoms in total. The van der Waals surface area contributed by atoms with Crippen molar-refractivity contribution in [3.8, 4) is 5.75 Å². The van der Waals surface area contributed by atoms with E-state index in [0.717, 1.165) is 11.3 Å². The maximum absolute atomic E-state index is 12.2. The van der Waals surface area contributed by atoms with Crippen LogP contribution in [0, 0.1) is 0 Å². The maximum atomic E-state index is 12.2. The molecule has 0 aliphatic heterocycles. The summed E-state index contributed by atoms with van der Waals surface area (Å²) in [7, 11) is 1.60. The van der Waals surface area contributed by atoms with Gasteiger partial charge in [-0.05, 0) is 18.2 Å². The highest BCUT2D eigenvalue weighted by molar-refractivity contribution is 7.14. The van der Waals surface area contributed by atoms with Crippen LogP contribution in [-0.2, 0) is 17.8 Å². The average Bonchev–Trinajstić information content (AvgIpc) is 3.13. The lowest BCUT2D eigenvalue weighted by Gasteiger charge is -2.09. The zero-order chi connectivity index (χ0) is 19.1. The Hall–Kier alpha value is -3.19. The molecule has 0 radical (unpaired) electrons. The van der Waals surface area contributed by atoms with Gasteiger partial charge in [-0.2, -0.15) is 0 Å². The molecule has 2 N–H and O–H groups in total. The van der Waals surface area contributed by atoms with Crippen LogP contribution in [0.4, 0.5) is 5.13 Å². The van der Waals surface area contributed by atoms with Gasteiger partial charge in [-0.15, -0.1) is 11.3 Å². The fourth-order valence-electron chi connectivity index (χ4n) is 2.47. The maximum Gasteiger partial charge on any atom is 0.257 e. The molecule has 3 rings (SSSR count). The highest BCUT2D eigenvalue weighted by atomic mass is 32.1. The summed E-state index contributed by atoms with van der Waals surface area (Å²) in [5, 5.41) is 7.84. The first kappa shape index (κ1) is 18.6. The fraction of sp³-hybridized carbons (Fsp3) is 0.150. The number of methoxy groups -OCH3 is 1. The first-order valence-corrected chi connectivity index (χ1v) is 9.23. The summed E-state index contributed by atoms with van der Waals surface area (Å²) >= 11 is 1.29. The van der Waals surface area contributed by atoms with Crippen molar-refractivity contribution < 1.29 is 14.3 Å². The molecule has 0 unspecified atom stereocenters. The molecule has 7 heteroatoms. The van der Waals surface area contributed by atoms with Crippen LogP contribution in [0.1, 0.15) is 21.6 Å². The Morgan fingerprint density at radius 1 is 1.07 bits per heavy atom. The zero-order valence-electron chi connectivity index (χ0n) is 14.8. The Labute approximate surface area is 161 Å². The Morgan fingerprint density at radius 3 is 2.59 bits per heavy atom. The van der Waals surface area contributed by atoms with Gasteiger partial charge in [-0.3, -0.25) is 14.9 Å². The summed E-state index contributed by atoms with van der Waals surface area (Å²) < 4.78 is 5.27. The van der Waals surface area contributed by atoms with Crippen LogP contribution < -0.4 is 15.4 Å². The predicted molar refractivity (Wildman–Crippen MR) is 105 cm³/mol. The SMILES string of the molecule is COc1ccccc1CNC(=O)Cc1csc(NC(=O)c2ccccc2)n1. The van der Waals surface area contributed by atoms with Gasteiger partial charge >= 0.3 is 0 Å². The molecule has 27 heavy (non-hydrogen) atoms. The molecule has 0 aliphatic rings. The highest BCUT2D eigenvalue weighted by Gasteiger charge is 2.11. The van der Waals surface area contributed by atoms with Gasteiger partial charge in [0.1, 0.15) is 5.75 Å². The third-order valence-corrected chi connectivity index (χ3v) is 4.62. The van der Waals surface area contributed by atoms with Gasteiger partial charge in [-0.25, -0.2) is 4.98 Å². The minimum atomic E-state index is -0.225. The fourth-order valence-corrected chi connectivity index (χ4v) is 3.18. The van der Waals surface area contributed by atoms with Crippen LogP contribution in [0.3, 0.4) is 0 Å². The van der Waals surface area contributed by atoms with E-state index in [-0.39, 0.29) is 18.2 Å². The number of para-hydroxylation sites is 1. The second-order valence-electron chi connectivity index (χ2n) is 5.73. The number of rotatable bonds is 7. The Balaban J connectivity index is 1.53. The first-order chi connectivity index (χ1) is 13.2. The molecule has 0 fully saturated rings. The van der Waals surface area contributed by atoms with Gasteiger partial charge in [0.2, 0.25) is 5.91 Å². The Morgan fingerprint density at radius 2 is 1.81 bits per heavy atom. The number of nitrogens with zero attached hydrogens (tertiary/aromatic N) is 1. The van der Waals surface area contributed by atoms with Crippen LogP contribution in [-0.4, -0.2) is 23.9 Å². The van der Waals surface area contributed by atoms with Crippen molar-refractivity contribution in [2.24, 2.45) is 0 Å². The minimum absolute atomic E-state index is 0.146. The third-order valence-electron chi connectivity index (χ3n) is 3.82. The lowest BCUT2D eigenvalue weighted by Crippen LogP contribution is -2.25. The molecular formula is C20H19N3O3S. The number of hydrogen-bond acceptors (Lipinski definition) is 5. The van der Waals surface area contributed by atoms with Crippen LogP contribution in [0.25, 0.3) is 0 Å². The van der Waals surface area contributed by atoms with Crippen molar-refractivity contribution in [3.05, 3.63) is 76.8 Å². The molecule has 0 saturated carbocycles. The number of thiazole rings is 1. The number of aromatic nitrogens is 1. The minimum Gasteiger partial charge on any atom is -0.496 e. The standard InChI is InChI=1S/C20H19N3O3S/c1-26-17-10-6-5-9-15(17)12-21-18(24)11-16-13-27-20(22-16)23-19(25)14-7-3-2-4-8-14/h2-10,13H,11-12H2,1H3,(H,21,24)(H,22,23,25). The molecule has 1 aromatic heterocycles. The van der Waals surface area contributed by atoms with E-state index in [4.69, 9.17) is 4.74 Å². The summed E-state index contributed by atoms with van der Waals surface area (Å²) in [5.74, 6) is 0.363. The molecule has 0 bridgehead atoms. The van der Waals surface area contributed by atoms with Gasteiger partial charge in [-0.1, -0.05) is 36.4 Å². The first-order valence-electron chi connectivity index (χ1n) is 8.35. The van der Waals surface area contributed by atoms with E-state index in [1.165, 1.54) is 11.3 Å². The van der Waals surface area contributed by atoms with Crippen LogP contribution in [0.5, 0.6) is 5.75 Å². The van der Waals surface area contributed by atoms with E-state index >= 15 is 0 Å². The molecule has 0 aliphatic carbocycles. The molecule has 3 aromatic rings. The second-order valence-corrected chi connectivity index (χ2v) is 6.59. The number of carbonyl (C=O) groups is 2. The summed E-state index contributed by atoms with van der Waals surface area (Å²) in [6.07, 6.45) is 0.146. The topological polar surface area (TPSA) is 80.3 Å². The quantitative estimate of drug-likeness (QED) is 0.658. The van der Waals surface area contributed by atoms with Crippen LogP contribution in [0.2, 0.25) is 0 Å². The third kappa shape index (κ3) is 5.15. The van der Waals surface area contributed by atoms with Gasteiger partial charge in [0.15, 0.2) is 5.13 Å². The molecule has 138 valence electrons. The number of benzene rings is 2. The monoisotopic (exact) mass is 381 g/mol. The Bertz CT molecular complexity index is 925. The van der Waals surface area contributed by atoms with Crippen molar-refractivity contribution >= 4 is 28.3 Å². The van der Waals surface area contributed by atoms with Crippen molar-refractivity contribution in [3.63, 3.8) is 0 Å². The van der Waals surface area contributed by atoms with E-state index in [2.05, 4.69) is 15.6 Å². The molecule has 0 spiro atoms. The lowest BCUT2D eigenvalue weighted by atomic mass is 10.2. The zero-order valence-corrected chi connectivity index (χ0v) is 15.6. The van der Waals surface area contributed by atoms with E-state index in [1.807, 2.05) is 30.3 Å². The van der Waals surface area contributed by atoms with Gasteiger partial charge in [0.05, 0.1) is 19.2 Å². The number of amides is 2. The molecule has 0 atom stereocenters. The van der Waals surface area contributed by atoms with E-state index in [9.17, 15) is 9.59 Å². The predicted octanol–water partition coefficient (Wildman–Crippen LogP) is 3.26. The normalized spacial score (nSPS) is 10.3. The second kappa shape index (κ2) is 8.95. The van der Waals surface area contributed by atoms with Gasteiger partial charge in [0.25, 0.3) is 5.91 Å². The Kier molecular flexibility index (Phi) is 6.17. The van der Waals surface area contributed by atoms with Crippen molar-refractivity contribution in [1.29, 1.82) is 0 Å². The van der Waals surface area contributed by atoms with E-state index in [1.54, 1.807) is 36.8 Å². The number of carbonyl (C=O) groups excluding carboxylic acids is 2. The average molecular weight is 381 g/mol. The number of ether oxygens (including phenoxy) is 1. The van der Waals surface area contributed by atoms with Crippen molar-refractivity contribution in [2.45, 2.75) is 13.0 Å². The molecule has 0 saturated heterocycles. The van der Waals surface area contributed by atoms with Gasteiger partial charge in [0, 0.05) is 23.1 Å². The molecule has 2 aromatic carbocycles. The van der Waals surface area contributed by atoms with Gasteiger partial charge < -0.3 is 10.1 Å². The van der Waals surface area contributed by atoms with Crippen molar-refractivity contribution in [2.75, 3.05) is 12.4 Å². The summed E-state index contributed by atoms with van der Waals surface area (Å²) in [5.41, 5.74) is 2.08. The van der Waals surface area contributed by atoms with Crippen molar-refractivity contribution in [1.82, 2.24) is 10.3 Å². The summed E-state index contributed by atoms with van der Waals surface area (Å²) in [4.78, 5) is 28.6. The van der Waals surface area contributed by atoms with E-state index in [0.29, 0.717) is 22.9 Å². The lowest BCUT2D eigenvalue weighted by molar-refractivity contribution is -0.120. The van der Waals surface area contributed by atoms with E-state index < -0.39 is 0 Å². The number of nitrogens with one attached hydrogen (secondary N) is 2. The molecule has 1 heterocycles. The van der Waals surface area contributed by atoms with Crippen LogP contribution in [0.15, 0.2) is 60.0 Å². The molecular weight excluding hydrogens is 362 g/mol. The smallest absolute Gasteiger partial charge is 0.257 e. The largest absolute Gasteiger partial charge is 0.496 e.